The SMILES string of the molecule is O=C1CCCC[C@@H]1[C@H](O)c1ccncc1. The molecule has 0 radical (unpaired) electrons. The van der Waals surface area contributed by atoms with Crippen LogP contribution < -0.4 is 0 Å². The molecule has 2 rings (SSSR count). The van der Waals surface area contributed by atoms with Gasteiger partial charge in [0, 0.05) is 24.7 Å². The standard InChI is InChI=1S/C12H15NO2/c14-11-4-2-1-3-10(11)12(15)9-5-7-13-8-6-9/h5-8,10,12,15H,1-4H2/t10-,12+/m0/s1. The Bertz CT molecular complexity index is 337. The number of Topliss-reactive ketones (excluding diaryl/α,β-unsaturated/α-hetero) is 1. The first kappa shape index (κ1) is 10.3. The highest BCUT2D eigenvalue weighted by Crippen LogP contribution is 2.31. The summed E-state index contributed by atoms with van der Waals surface area (Å²) >= 11 is 0. The second-order valence-corrected chi connectivity index (χ2v) is 4.04. The summed E-state index contributed by atoms with van der Waals surface area (Å²) in [5, 5.41) is 10.1. The Morgan fingerprint density at radius 3 is 2.73 bits per heavy atom. The van der Waals surface area contributed by atoms with Crippen molar-refractivity contribution < 1.29 is 9.90 Å². The number of aliphatic hydroxyl groups is 1. The van der Waals surface area contributed by atoms with E-state index in [4.69, 9.17) is 0 Å². The number of ketones is 1. The zero-order valence-corrected chi connectivity index (χ0v) is 8.60. The third kappa shape index (κ3) is 2.23. The van der Waals surface area contributed by atoms with Crippen molar-refractivity contribution in [3.05, 3.63) is 30.1 Å². The Morgan fingerprint density at radius 1 is 1.33 bits per heavy atom. The molecule has 0 unspecified atom stereocenters. The van der Waals surface area contributed by atoms with Crippen molar-refractivity contribution >= 4 is 5.78 Å². The summed E-state index contributed by atoms with van der Waals surface area (Å²) in [5.41, 5.74) is 0.797. The number of pyridine rings is 1. The van der Waals surface area contributed by atoms with E-state index in [-0.39, 0.29) is 11.7 Å². The molecule has 0 spiro atoms. The minimum atomic E-state index is -0.652. The summed E-state index contributed by atoms with van der Waals surface area (Å²) in [5.74, 6) is -0.00767. The first-order valence-corrected chi connectivity index (χ1v) is 5.40. The molecule has 3 nitrogen and oxygen atoms in total. The Balaban J connectivity index is 2.13. The molecular formula is C12H15NO2. The summed E-state index contributed by atoms with van der Waals surface area (Å²) in [6, 6.07) is 3.54. The number of hydrogen-bond donors (Lipinski definition) is 1. The van der Waals surface area contributed by atoms with Crippen molar-refractivity contribution in [1.29, 1.82) is 0 Å². The summed E-state index contributed by atoms with van der Waals surface area (Å²) in [7, 11) is 0. The third-order valence-electron chi connectivity index (χ3n) is 3.03. The molecule has 2 atom stereocenters. The monoisotopic (exact) mass is 205 g/mol. The summed E-state index contributed by atoms with van der Waals surface area (Å²) in [4.78, 5) is 15.5. The molecule has 0 aromatic carbocycles. The van der Waals surface area contributed by atoms with Gasteiger partial charge in [-0.1, -0.05) is 6.42 Å². The van der Waals surface area contributed by atoms with Gasteiger partial charge in [0.2, 0.25) is 0 Å². The van der Waals surface area contributed by atoms with E-state index in [1.165, 1.54) is 0 Å². The molecule has 1 aromatic heterocycles. The van der Waals surface area contributed by atoms with Gasteiger partial charge < -0.3 is 5.11 Å². The highest BCUT2D eigenvalue weighted by molar-refractivity contribution is 5.82. The third-order valence-corrected chi connectivity index (χ3v) is 3.03. The van der Waals surface area contributed by atoms with Crippen LogP contribution in [-0.4, -0.2) is 15.9 Å². The van der Waals surface area contributed by atoms with Crippen molar-refractivity contribution in [2.45, 2.75) is 31.8 Å². The summed E-state index contributed by atoms with van der Waals surface area (Å²) < 4.78 is 0. The lowest BCUT2D eigenvalue weighted by Gasteiger charge is -2.25. The molecular weight excluding hydrogens is 190 g/mol. The predicted octanol–water partition coefficient (Wildman–Crippen LogP) is 1.87. The van der Waals surface area contributed by atoms with E-state index in [9.17, 15) is 9.90 Å². The number of aromatic nitrogens is 1. The van der Waals surface area contributed by atoms with Gasteiger partial charge in [-0.15, -0.1) is 0 Å². The molecule has 1 heterocycles. The first-order chi connectivity index (χ1) is 7.29. The van der Waals surface area contributed by atoms with Gasteiger partial charge in [0.05, 0.1) is 6.10 Å². The zero-order chi connectivity index (χ0) is 10.7. The quantitative estimate of drug-likeness (QED) is 0.802. The number of aliphatic hydroxyl groups excluding tert-OH is 1. The zero-order valence-electron chi connectivity index (χ0n) is 8.60. The fourth-order valence-electron chi connectivity index (χ4n) is 2.14. The second-order valence-electron chi connectivity index (χ2n) is 4.04. The van der Waals surface area contributed by atoms with Crippen molar-refractivity contribution in [2.24, 2.45) is 5.92 Å². The van der Waals surface area contributed by atoms with E-state index >= 15 is 0 Å². The van der Waals surface area contributed by atoms with Crippen LogP contribution in [0.5, 0.6) is 0 Å². The van der Waals surface area contributed by atoms with Crippen molar-refractivity contribution in [1.82, 2.24) is 4.98 Å². The van der Waals surface area contributed by atoms with Gasteiger partial charge in [0.15, 0.2) is 0 Å². The van der Waals surface area contributed by atoms with E-state index in [1.54, 1.807) is 24.5 Å². The highest BCUT2D eigenvalue weighted by Gasteiger charge is 2.29. The van der Waals surface area contributed by atoms with Crippen LogP contribution in [0.25, 0.3) is 0 Å². The average molecular weight is 205 g/mol. The largest absolute Gasteiger partial charge is 0.388 e. The lowest BCUT2D eigenvalue weighted by atomic mass is 9.82. The van der Waals surface area contributed by atoms with Crippen LogP contribution in [0.1, 0.15) is 37.4 Å². The Morgan fingerprint density at radius 2 is 2.07 bits per heavy atom. The molecule has 1 aliphatic carbocycles. The fourth-order valence-corrected chi connectivity index (χ4v) is 2.14. The predicted molar refractivity (Wildman–Crippen MR) is 56.2 cm³/mol. The van der Waals surface area contributed by atoms with Gasteiger partial charge in [-0.05, 0) is 30.5 Å². The van der Waals surface area contributed by atoms with Crippen molar-refractivity contribution in [2.75, 3.05) is 0 Å². The maximum atomic E-state index is 11.6. The number of carbonyl (C=O) groups excluding carboxylic acids is 1. The van der Waals surface area contributed by atoms with E-state index in [2.05, 4.69) is 4.98 Å². The summed E-state index contributed by atoms with van der Waals surface area (Å²) in [6.07, 6.45) is 6.07. The smallest absolute Gasteiger partial charge is 0.138 e. The number of rotatable bonds is 2. The number of nitrogens with zero attached hydrogens (tertiary/aromatic N) is 1. The lowest BCUT2D eigenvalue weighted by molar-refractivity contribution is -0.128. The van der Waals surface area contributed by atoms with Gasteiger partial charge in [-0.25, -0.2) is 0 Å². The lowest BCUT2D eigenvalue weighted by Crippen LogP contribution is -2.25. The second kappa shape index (κ2) is 4.53. The van der Waals surface area contributed by atoms with E-state index in [0.29, 0.717) is 6.42 Å². The number of hydrogen-bond acceptors (Lipinski definition) is 3. The average Bonchev–Trinajstić information content (AvgIpc) is 2.30. The molecule has 80 valence electrons. The molecule has 1 aliphatic rings. The van der Waals surface area contributed by atoms with Gasteiger partial charge in [-0.2, -0.15) is 0 Å². The molecule has 1 saturated carbocycles. The minimum absolute atomic E-state index is 0.200. The first-order valence-electron chi connectivity index (χ1n) is 5.40. The molecule has 0 amide bonds. The van der Waals surface area contributed by atoms with Gasteiger partial charge in [-0.3, -0.25) is 9.78 Å². The normalized spacial score (nSPS) is 23.8. The van der Waals surface area contributed by atoms with Crippen molar-refractivity contribution in [3.8, 4) is 0 Å². The van der Waals surface area contributed by atoms with Crippen LogP contribution in [-0.2, 0) is 4.79 Å². The minimum Gasteiger partial charge on any atom is -0.388 e. The Labute approximate surface area is 89.2 Å². The summed E-state index contributed by atoms with van der Waals surface area (Å²) in [6.45, 7) is 0. The van der Waals surface area contributed by atoms with Crippen LogP contribution in [0, 0.1) is 5.92 Å². The topological polar surface area (TPSA) is 50.2 Å². The fraction of sp³-hybridized carbons (Fsp3) is 0.500. The molecule has 0 saturated heterocycles. The van der Waals surface area contributed by atoms with Crippen LogP contribution in [0.15, 0.2) is 24.5 Å². The van der Waals surface area contributed by atoms with Gasteiger partial charge in [0.25, 0.3) is 0 Å². The Kier molecular flexibility index (Phi) is 3.11. The molecule has 0 aliphatic heterocycles. The van der Waals surface area contributed by atoms with Crippen molar-refractivity contribution in [3.63, 3.8) is 0 Å². The van der Waals surface area contributed by atoms with E-state index in [1.807, 2.05) is 0 Å². The van der Waals surface area contributed by atoms with Gasteiger partial charge in [0.1, 0.15) is 5.78 Å². The van der Waals surface area contributed by atoms with Gasteiger partial charge >= 0.3 is 0 Å². The molecule has 0 bridgehead atoms. The van der Waals surface area contributed by atoms with E-state index in [0.717, 1.165) is 24.8 Å². The maximum Gasteiger partial charge on any atom is 0.138 e. The number of carbonyl (C=O) groups is 1. The van der Waals surface area contributed by atoms with Crippen LogP contribution in [0.4, 0.5) is 0 Å². The Hall–Kier alpha value is -1.22. The maximum absolute atomic E-state index is 11.6. The molecule has 1 N–H and O–H groups in total. The molecule has 1 aromatic rings. The van der Waals surface area contributed by atoms with Crippen LogP contribution >= 0.6 is 0 Å². The van der Waals surface area contributed by atoms with E-state index < -0.39 is 6.10 Å². The van der Waals surface area contributed by atoms with Crippen LogP contribution in [0.3, 0.4) is 0 Å². The highest BCUT2D eigenvalue weighted by atomic mass is 16.3. The molecule has 3 heteroatoms. The van der Waals surface area contributed by atoms with Crippen LogP contribution in [0.2, 0.25) is 0 Å². The molecule has 15 heavy (non-hydrogen) atoms. The molecule has 1 fully saturated rings.